The quantitative estimate of drug-likeness (QED) is 0.486. The second-order valence-corrected chi connectivity index (χ2v) is 7.90. The van der Waals surface area contributed by atoms with Gasteiger partial charge in [-0.15, -0.1) is 0 Å². The molecule has 7 heteroatoms. The molecule has 2 aromatic carbocycles. The van der Waals surface area contributed by atoms with Gasteiger partial charge in [-0.2, -0.15) is 0 Å². The first kappa shape index (κ1) is 20.4. The first-order valence-corrected chi connectivity index (χ1v) is 10.1. The smallest absolute Gasteiger partial charge is 0.329 e. The van der Waals surface area contributed by atoms with Gasteiger partial charge >= 0.3 is 6.03 Å². The van der Waals surface area contributed by atoms with Gasteiger partial charge in [0.25, 0.3) is 5.91 Å². The summed E-state index contributed by atoms with van der Waals surface area (Å²) < 4.78 is 2.12. The summed E-state index contributed by atoms with van der Waals surface area (Å²) in [5.74, 6) is -0.961. The monoisotopic (exact) mass is 416 g/mol. The first-order valence-electron chi connectivity index (χ1n) is 10.1. The van der Waals surface area contributed by atoms with Gasteiger partial charge in [-0.3, -0.25) is 9.59 Å². The van der Waals surface area contributed by atoms with E-state index in [9.17, 15) is 14.4 Å². The van der Waals surface area contributed by atoms with E-state index in [1.165, 1.54) is 0 Å². The van der Waals surface area contributed by atoms with Crippen LogP contribution in [0.2, 0.25) is 0 Å². The van der Waals surface area contributed by atoms with Gasteiger partial charge in [0.05, 0.1) is 0 Å². The molecule has 2 N–H and O–H groups in total. The molecule has 158 valence electrons. The van der Waals surface area contributed by atoms with Crippen LogP contribution >= 0.6 is 0 Å². The summed E-state index contributed by atoms with van der Waals surface area (Å²) in [5.41, 5.74) is 3.66. The van der Waals surface area contributed by atoms with Gasteiger partial charge in [0.15, 0.2) is 0 Å². The minimum atomic E-state index is -0.608. The van der Waals surface area contributed by atoms with E-state index in [-0.39, 0.29) is 18.3 Å². The molecule has 0 unspecified atom stereocenters. The van der Waals surface area contributed by atoms with Gasteiger partial charge in [-0.25, -0.2) is 9.69 Å². The number of urea groups is 1. The lowest BCUT2D eigenvalue weighted by Gasteiger charge is -2.12. The van der Waals surface area contributed by atoms with Gasteiger partial charge in [0.1, 0.15) is 12.2 Å². The average Bonchev–Trinajstić information content (AvgIpc) is 3.21. The fourth-order valence-corrected chi connectivity index (χ4v) is 3.71. The molecular weight excluding hydrogens is 392 g/mol. The number of aromatic nitrogens is 1. The van der Waals surface area contributed by atoms with Crippen molar-refractivity contribution in [2.75, 3.05) is 11.9 Å². The molecule has 7 nitrogen and oxygen atoms in total. The Balaban J connectivity index is 1.55. The second-order valence-electron chi connectivity index (χ2n) is 7.90. The summed E-state index contributed by atoms with van der Waals surface area (Å²) in [5, 5.41) is 6.30. The number of anilines is 1. The number of rotatable bonds is 5. The van der Waals surface area contributed by atoms with Gasteiger partial charge in [0.2, 0.25) is 5.91 Å². The van der Waals surface area contributed by atoms with Crippen molar-refractivity contribution >= 4 is 40.5 Å². The first-order chi connectivity index (χ1) is 14.8. The molecule has 1 aliphatic rings. The normalized spacial score (nSPS) is 15.2. The number of hydrogen-bond donors (Lipinski definition) is 2. The fourth-order valence-electron chi connectivity index (χ4n) is 3.71. The molecule has 0 aliphatic carbocycles. The Morgan fingerprint density at radius 3 is 2.65 bits per heavy atom. The van der Waals surface area contributed by atoms with Gasteiger partial charge in [-0.1, -0.05) is 30.3 Å². The van der Waals surface area contributed by atoms with E-state index >= 15 is 0 Å². The van der Waals surface area contributed by atoms with Crippen molar-refractivity contribution in [3.05, 3.63) is 71.6 Å². The Labute approximate surface area is 180 Å². The molecule has 1 aliphatic heterocycles. The van der Waals surface area contributed by atoms with Crippen molar-refractivity contribution in [3.63, 3.8) is 0 Å². The van der Waals surface area contributed by atoms with Crippen LogP contribution in [0, 0.1) is 6.92 Å². The summed E-state index contributed by atoms with van der Waals surface area (Å²) in [7, 11) is 0. The Morgan fingerprint density at radius 2 is 1.90 bits per heavy atom. The average molecular weight is 416 g/mol. The summed E-state index contributed by atoms with van der Waals surface area (Å²) in [6.07, 6.45) is 3.63. The molecule has 0 bridgehead atoms. The minimum absolute atomic E-state index is 0.153. The van der Waals surface area contributed by atoms with Crippen LogP contribution in [0.4, 0.5) is 10.5 Å². The Morgan fingerprint density at radius 1 is 1.13 bits per heavy atom. The molecule has 31 heavy (non-hydrogen) atoms. The largest absolute Gasteiger partial charge is 0.344 e. The highest BCUT2D eigenvalue weighted by molar-refractivity contribution is 6.16. The number of nitrogens with zero attached hydrogens (tertiary/aromatic N) is 2. The molecule has 0 saturated carbocycles. The van der Waals surface area contributed by atoms with Crippen molar-refractivity contribution < 1.29 is 14.4 Å². The highest BCUT2D eigenvalue weighted by Gasteiger charge is 2.35. The number of amides is 4. The predicted octanol–water partition coefficient (Wildman–Crippen LogP) is 4.06. The van der Waals surface area contributed by atoms with E-state index in [2.05, 4.69) is 29.0 Å². The standard InChI is InChI=1S/C24H24N4O3/c1-15(2)27-13-17(19-9-4-5-10-21(19)27)12-20-23(30)28(24(31)26-20)14-22(29)25-18-8-6-7-16(3)11-18/h4-13,15H,14H2,1-3H3,(H,25,29)(H,26,31)/b20-12+. The Kier molecular flexibility index (Phi) is 5.33. The maximum Gasteiger partial charge on any atom is 0.329 e. The van der Waals surface area contributed by atoms with Gasteiger partial charge in [-0.05, 0) is 50.6 Å². The van der Waals surface area contributed by atoms with Crippen LogP contribution in [0.5, 0.6) is 0 Å². The van der Waals surface area contributed by atoms with Crippen molar-refractivity contribution in [1.29, 1.82) is 0 Å². The van der Waals surface area contributed by atoms with Crippen LogP contribution in [0.1, 0.15) is 31.0 Å². The molecule has 2 heterocycles. The van der Waals surface area contributed by atoms with Crippen molar-refractivity contribution in [2.24, 2.45) is 0 Å². The second kappa shape index (κ2) is 8.10. The maximum atomic E-state index is 12.8. The highest BCUT2D eigenvalue weighted by atomic mass is 16.2. The molecule has 4 amide bonds. The molecular formula is C24H24N4O3. The van der Waals surface area contributed by atoms with Crippen LogP contribution in [-0.2, 0) is 9.59 Å². The van der Waals surface area contributed by atoms with E-state index in [1.807, 2.05) is 55.6 Å². The SMILES string of the molecule is Cc1cccc(NC(=O)CN2C(=O)N/C(=C/c3cn(C(C)C)c4ccccc34)C2=O)c1. The van der Waals surface area contributed by atoms with Gasteiger partial charge < -0.3 is 15.2 Å². The lowest BCUT2D eigenvalue weighted by atomic mass is 10.1. The number of fused-ring (bicyclic) bond motifs is 1. The molecule has 1 aromatic heterocycles. The highest BCUT2D eigenvalue weighted by Crippen LogP contribution is 2.27. The molecule has 1 saturated heterocycles. The van der Waals surface area contributed by atoms with Crippen LogP contribution < -0.4 is 10.6 Å². The Hall–Kier alpha value is -3.87. The molecule has 3 aromatic rings. The van der Waals surface area contributed by atoms with Gasteiger partial charge in [0, 0.05) is 34.4 Å². The van der Waals surface area contributed by atoms with E-state index < -0.39 is 17.8 Å². The summed E-state index contributed by atoms with van der Waals surface area (Å²) in [6, 6.07) is 14.9. The van der Waals surface area contributed by atoms with Crippen LogP contribution in [0.25, 0.3) is 17.0 Å². The van der Waals surface area contributed by atoms with E-state index in [4.69, 9.17) is 0 Å². The van der Waals surface area contributed by atoms with E-state index in [0.717, 1.165) is 26.9 Å². The fraction of sp³-hybridized carbons (Fsp3) is 0.208. The topological polar surface area (TPSA) is 83.4 Å². The number of hydrogen-bond acceptors (Lipinski definition) is 3. The zero-order chi connectivity index (χ0) is 22.1. The van der Waals surface area contributed by atoms with Crippen LogP contribution in [0.3, 0.4) is 0 Å². The molecule has 1 fully saturated rings. The number of benzene rings is 2. The number of carbonyl (C=O) groups is 3. The number of para-hydroxylation sites is 1. The van der Waals surface area contributed by atoms with Crippen molar-refractivity contribution in [1.82, 2.24) is 14.8 Å². The molecule has 0 atom stereocenters. The summed E-state index contributed by atoms with van der Waals surface area (Å²) in [6.45, 7) is 5.73. The van der Waals surface area contributed by atoms with Crippen LogP contribution in [-0.4, -0.2) is 33.9 Å². The third-order valence-electron chi connectivity index (χ3n) is 5.19. The lowest BCUT2D eigenvalue weighted by Crippen LogP contribution is -2.38. The molecule has 0 radical (unpaired) electrons. The number of imide groups is 1. The predicted molar refractivity (Wildman–Crippen MR) is 120 cm³/mol. The third-order valence-corrected chi connectivity index (χ3v) is 5.19. The van der Waals surface area contributed by atoms with E-state index in [1.54, 1.807) is 12.1 Å². The summed E-state index contributed by atoms with van der Waals surface area (Å²) >= 11 is 0. The number of carbonyl (C=O) groups excluding carboxylic acids is 3. The maximum absolute atomic E-state index is 12.8. The molecule has 0 spiro atoms. The third kappa shape index (κ3) is 4.07. The van der Waals surface area contributed by atoms with Crippen molar-refractivity contribution in [2.45, 2.75) is 26.8 Å². The number of aryl methyl sites for hydroxylation is 1. The zero-order valence-electron chi connectivity index (χ0n) is 17.7. The molecule has 4 rings (SSSR count). The van der Waals surface area contributed by atoms with Crippen molar-refractivity contribution in [3.8, 4) is 0 Å². The Bertz CT molecular complexity index is 1220. The zero-order valence-corrected chi connectivity index (χ0v) is 17.7. The van der Waals surface area contributed by atoms with E-state index in [0.29, 0.717) is 5.69 Å². The summed E-state index contributed by atoms with van der Waals surface area (Å²) in [4.78, 5) is 38.5. The minimum Gasteiger partial charge on any atom is -0.344 e. The lowest BCUT2D eigenvalue weighted by molar-refractivity contribution is -0.127. The number of nitrogens with one attached hydrogen (secondary N) is 2. The van der Waals surface area contributed by atoms with Crippen LogP contribution in [0.15, 0.2) is 60.4 Å².